The van der Waals surface area contributed by atoms with Crippen molar-refractivity contribution in [2.45, 2.75) is 44.2 Å². The van der Waals surface area contributed by atoms with Crippen LogP contribution in [0.2, 0.25) is 0 Å². The fourth-order valence-electron chi connectivity index (χ4n) is 2.46. The average Bonchev–Trinajstić information content (AvgIpc) is 2.41. The van der Waals surface area contributed by atoms with Crippen LogP contribution in [0.5, 0.6) is 0 Å². The van der Waals surface area contributed by atoms with Crippen molar-refractivity contribution in [3.05, 3.63) is 0 Å². The number of nitrogens with two attached hydrogens (primary N) is 1. The number of amides is 1. The van der Waals surface area contributed by atoms with Gasteiger partial charge in [-0.25, -0.2) is 13.2 Å². The Hall–Kier alpha value is -0.510. The number of sulfone groups is 1. The third-order valence-electron chi connectivity index (χ3n) is 3.51. The second-order valence-electron chi connectivity index (χ2n) is 6.70. The van der Waals surface area contributed by atoms with E-state index in [-0.39, 0.29) is 6.04 Å². The monoisotopic (exact) mass is 367 g/mol. The van der Waals surface area contributed by atoms with Crippen LogP contribution in [0.4, 0.5) is 4.79 Å². The fourth-order valence-corrected chi connectivity index (χ4v) is 5.40. The minimum atomic E-state index is -3.16. The van der Waals surface area contributed by atoms with Crippen LogP contribution in [-0.4, -0.2) is 73.8 Å². The van der Waals surface area contributed by atoms with E-state index in [0.717, 1.165) is 5.75 Å². The van der Waals surface area contributed by atoms with E-state index >= 15 is 0 Å². The van der Waals surface area contributed by atoms with Gasteiger partial charge in [-0.2, -0.15) is 11.8 Å². The number of thioether (sulfide) groups is 1. The summed E-state index contributed by atoms with van der Waals surface area (Å²) in [7, 11) is -3.16. The van der Waals surface area contributed by atoms with Crippen molar-refractivity contribution in [2.24, 2.45) is 5.73 Å². The summed E-state index contributed by atoms with van der Waals surface area (Å²) in [6, 6.07) is -0.0782. The van der Waals surface area contributed by atoms with Crippen LogP contribution in [-0.2, 0) is 14.6 Å². The molecule has 1 amide bonds. The van der Waals surface area contributed by atoms with E-state index in [4.69, 9.17) is 10.5 Å². The third-order valence-corrected chi connectivity index (χ3v) is 6.16. The molecule has 1 aliphatic heterocycles. The number of rotatable bonds is 6. The molecule has 0 aliphatic carbocycles. The van der Waals surface area contributed by atoms with Gasteiger partial charge >= 0.3 is 6.09 Å². The maximum atomic E-state index is 12.0. The van der Waals surface area contributed by atoms with E-state index in [0.29, 0.717) is 31.8 Å². The van der Waals surface area contributed by atoms with Crippen LogP contribution >= 0.6 is 11.8 Å². The van der Waals surface area contributed by atoms with Crippen LogP contribution in [0.15, 0.2) is 0 Å². The molecule has 23 heavy (non-hydrogen) atoms. The van der Waals surface area contributed by atoms with Gasteiger partial charge < -0.3 is 15.8 Å². The van der Waals surface area contributed by atoms with Crippen LogP contribution in [0.1, 0.15) is 27.2 Å². The molecule has 0 aromatic rings. The molecular formula is C14H29N3O4S2. The highest BCUT2D eigenvalue weighted by Gasteiger charge is 2.34. The minimum absolute atomic E-state index is 0.0782. The van der Waals surface area contributed by atoms with Gasteiger partial charge in [0.05, 0.1) is 0 Å². The zero-order valence-electron chi connectivity index (χ0n) is 14.4. The summed E-state index contributed by atoms with van der Waals surface area (Å²) < 4.78 is 29.1. The summed E-state index contributed by atoms with van der Waals surface area (Å²) in [6.45, 7) is 6.85. The van der Waals surface area contributed by atoms with E-state index in [9.17, 15) is 13.2 Å². The number of nitrogens with one attached hydrogen (secondary N) is 1. The zero-order chi connectivity index (χ0) is 17.7. The Kier molecular flexibility index (Phi) is 7.63. The average molecular weight is 368 g/mol. The highest BCUT2D eigenvalue weighted by Crippen LogP contribution is 2.23. The van der Waals surface area contributed by atoms with Crippen molar-refractivity contribution >= 4 is 27.7 Å². The molecule has 1 aliphatic rings. The molecule has 2 unspecified atom stereocenters. The molecule has 1 heterocycles. The second-order valence-corrected chi connectivity index (χ2v) is 10.1. The summed E-state index contributed by atoms with van der Waals surface area (Å²) in [5, 5.41) is 2.20. The van der Waals surface area contributed by atoms with Crippen molar-refractivity contribution in [3.8, 4) is 0 Å². The molecule has 1 saturated heterocycles. The van der Waals surface area contributed by atoms with Gasteiger partial charge in [0, 0.05) is 43.4 Å². The molecule has 0 radical (unpaired) electrons. The summed E-state index contributed by atoms with van der Waals surface area (Å²) in [5.74, 6) is 1.46. The van der Waals surface area contributed by atoms with Gasteiger partial charge in [0.1, 0.15) is 11.0 Å². The lowest BCUT2D eigenvalue weighted by Crippen LogP contribution is -2.54. The minimum Gasteiger partial charge on any atom is -0.444 e. The van der Waals surface area contributed by atoms with Gasteiger partial charge in [0.15, 0.2) is 9.84 Å². The van der Waals surface area contributed by atoms with Crippen molar-refractivity contribution in [3.63, 3.8) is 0 Å². The van der Waals surface area contributed by atoms with Crippen LogP contribution in [0.3, 0.4) is 0 Å². The van der Waals surface area contributed by atoms with Gasteiger partial charge in [-0.1, -0.05) is 0 Å². The summed E-state index contributed by atoms with van der Waals surface area (Å²) in [4.78, 5) is 13.6. The zero-order valence-corrected chi connectivity index (χ0v) is 16.0. The summed E-state index contributed by atoms with van der Waals surface area (Å²) in [5.41, 5.74) is 5.30. The van der Waals surface area contributed by atoms with Gasteiger partial charge in [-0.3, -0.25) is 4.90 Å². The van der Waals surface area contributed by atoms with E-state index in [1.807, 2.05) is 4.90 Å². The Balaban J connectivity index is 2.57. The van der Waals surface area contributed by atoms with Crippen molar-refractivity contribution in [2.75, 3.05) is 37.4 Å². The molecule has 0 saturated carbocycles. The summed E-state index contributed by atoms with van der Waals surface area (Å²) >= 11 is 1.65. The molecule has 9 heteroatoms. The molecule has 2 atom stereocenters. The first-order valence-electron chi connectivity index (χ1n) is 7.74. The molecule has 0 spiro atoms. The van der Waals surface area contributed by atoms with Gasteiger partial charge in [0.2, 0.25) is 0 Å². The number of ether oxygens (including phenoxy) is 1. The second kappa shape index (κ2) is 8.55. The Morgan fingerprint density at radius 1 is 1.48 bits per heavy atom. The Morgan fingerprint density at radius 3 is 2.65 bits per heavy atom. The van der Waals surface area contributed by atoms with Gasteiger partial charge in [-0.05, 0) is 27.2 Å². The standard InChI is InChI=1S/C14H29N3O4S2/c1-14(2,3)21-13(18)16-6-5-11(9-15)17-7-8-22-10-12(17)23(4,19)20/h11-12H,5-10,15H2,1-4H3,(H,16,18). The van der Waals surface area contributed by atoms with Gasteiger partial charge in [-0.15, -0.1) is 0 Å². The van der Waals surface area contributed by atoms with E-state index in [1.54, 1.807) is 32.5 Å². The highest BCUT2D eigenvalue weighted by atomic mass is 32.2. The SMILES string of the molecule is CC(C)(C)OC(=O)NCCC(CN)N1CCSCC1S(C)(=O)=O. The van der Waals surface area contributed by atoms with Crippen molar-refractivity contribution < 1.29 is 17.9 Å². The lowest BCUT2D eigenvalue weighted by Gasteiger charge is -2.39. The summed E-state index contributed by atoms with van der Waals surface area (Å²) in [6.07, 6.45) is 1.39. The number of hydrogen-bond donors (Lipinski definition) is 2. The fraction of sp³-hybridized carbons (Fsp3) is 0.929. The van der Waals surface area contributed by atoms with E-state index < -0.39 is 26.9 Å². The number of alkyl carbamates (subject to hydrolysis) is 1. The normalized spacial score (nSPS) is 21.7. The van der Waals surface area contributed by atoms with E-state index in [2.05, 4.69) is 5.32 Å². The third kappa shape index (κ3) is 7.28. The smallest absolute Gasteiger partial charge is 0.407 e. The van der Waals surface area contributed by atoms with Crippen LogP contribution < -0.4 is 11.1 Å². The van der Waals surface area contributed by atoms with Crippen molar-refractivity contribution in [1.29, 1.82) is 0 Å². The predicted molar refractivity (Wildman–Crippen MR) is 94.4 cm³/mol. The quantitative estimate of drug-likeness (QED) is 0.710. The topological polar surface area (TPSA) is 102 Å². The van der Waals surface area contributed by atoms with Gasteiger partial charge in [0.25, 0.3) is 0 Å². The molecule has 1 fully saturated rings. The molecule has 0 bridgehead atoms. The molecule has 3 N–H and O–H groups in total. The Morgan fingerprint density at radius 2 is 2.13 bits per heavy atom. The number of carbonyl (C=O) groups excluding carboxylic acids is 1. The lowest BCUT2D eigenvalue weighted by molar-refractivity contribution is 0.0521. The highest BCUT2D eigenvalue weighted by molar-refractivity contribution is 8.00. The first-order chi connectivity index (χ1) is 10.5. The number of carbonyl (C=O) groups is 1. The molecule has 136 valence electrons. The lowest BCUT2D eigenvalue weighted by atomic mass is 10.1. The van der Waals surface area contributed by atoms with E-state index in [1.165, 1.54) is 6.26 Å². The molecule has 0 aromatic carbocycles. The maximum absolute atomic E-state index is 12.0. The molecule has 0 aromatic heterocycles. The Bertz CT molecular complexity index is 491. The first kappa shape index (κ1) is 20.5. The maximum Gasteiger partial charge on any atom is 0.407 e. The largest absolute Gasteiger partial charge is 0.444 e. The van der Waals surface area contributed by atoms with Crippen molar-refractivity contribution in [1.82, 2.24) is 10.2 Å². The van der Waals surface area contributed by atoms with Crippen LogP contribution in [0.25, 0.3) is 0 Å². The van der Waals surface area contributed by atoms with Crippen LogP contribution in [0, 0.1) is 0 Å². The predicted octanol–water partition coefficient (Wildman–Crippen LogP) is 0.648. The number of hydrogen-bond acceptors (Lipinski definition) is 7. The first-order valence-corrected chi connectivity index (χ1v) is 10.8. The molecule has 7 nitrogen and oxygen atoms in total. The molecular weight excluding hydrogens is 338 g/mol. The Labute approximate surface area is 143 Å². The molecule has 1 rings (SSSR count). The number of nitrogens with zero attached hydrogens (tertiary/aromatic N) is 1.